The van der Waals surface area contributed by atoms with Crippen molar-refractivity contribution in [2.45, 2.75) is 51.9 Å². The molecule has 3 heteroatoms. The van der Waals surface area contributed by atoms with E-state index in [4.69, 9.17) is 11.6 Å². The SMILES string of the molecule is CCCC1CCC(C(=O)Cc2ccc(Cl)cc2F)CC1. The highest BCUT2D eigenvalue weighted by atomic mass is 35.5. The Labute approximate surface area is 125 Å². The molecule has 0 heterocycles. The lowest BCUT2D eigenvalue weighted by Crippen LogP contribution is -2.23. The van der Waals surface area contributed by atoms with Gasteiger partial charge >= 0.3 is 0 Å². The van der Waals surface area contributed by atoms with E-state index in [1.807, 2.05) is 0 Å². The fraction of sp³-hybridized carbons (Fsp3) is 0.588. The highest BCUT2D eigenvalue weighted by molar-refractivity contribution is 6.30. The number of carbonyl (C=O) groups excluding carboxylic acids is 1. The van der Waals surface area contributed by atoms with E-state index in [1.54, 1.807) is 12.1 Å². The monoisotopic (exact) mass is 296 g/mol. The average molecular weight is 297 g/mol. The number of rotatable bonds is 5. The Morgan fingerprint density at radius 2 is 2.00 bits per heavy atom. The first-order valence-electron chi connectivity index (χ1n) is 7.56. The van der Waals surface area contributed by atoms with E-state index in [2.05, 4.69) is 6.92 Å². The maximum Gasteiger partial charge on any atom is 0.140 e. The van der Waals surface area contributed by atoms with Gasteiger partial charge in [0.25, 0.3) is 0 Å². The van der Waals surface area contributed by atoms with Crippen molar-refractivity contribution >= 4 is 17.4 Å². The van der Waals surface area contributed by atoms with Crippen molar-refractivity contribution in [2.75, 3.05) is 0 Å². The predicted molar refractivity (Wildman–Crippen MR) is 80.5 cm³/mol. The number of benzene rings is 1. The lowest BCUT2D eigenvalue weighted by Gasteiger charge is -2.27. The second-order valence-electron chi connectivity index (χ2n) is 5.89. The lowest BCUT2D eigenvalue weighted by molar-refractivity contribution is -0.123. The minimum atomic E-state index is -0.370. The highest BCUT2D eigenvalue weighted by Gasteiger charge is 2.26. The fourth-order valence-electron chi connectivity index (χ4n) is 3.18. The van der Waals surface area contributed by atoms with Crippen molar-refractivity contribution in [1.29, 1.82) is 0 Å². The molecule has 110 valence electrons. The summed E-state index contributed by atoms with van der Waals surface area (Å²) in [7, 11) is 0. The van der Waals surface area contributed by atoms with E-state index >= 15 is 0 Å². The molecule has 1 saturated carbocycles. The Hall–Kier alpha value is -0.890. The van der Waals surface area contributed by atoms with Gasteiger partial charge in [-0.05, 0) is 49.3 Å². The molecule has 0 spiro atoms. The quantitative estimate of drug-likeness (QED) is 0.730. The summed E-state index contributed by atoms with van der Waals surface area (Å²) in [4.78, 5) is 12.3. The predicted octanol–water partition coefficient (Wildman–Crippen LogP) is 5.20. The zero-order valence-corrected chi connectivity index (χ0v) is 12.8. The molecule has 20 heavy (non-hydrogen) atoms. The van der Waals surface area contributed by atoms with Gasteiger partial charge < -0.3 is 0 Å². The van der Waals surface area contributed by atoms with Crippen LogP contribution in [-0.2, 0) is 11.2 Å². The summed E-state index contributed by atoms with van der Waals surface area (Å²) in [5.74, 6) is 0.723. The van der Waals surface area contributed by atoms with Crippen LogP contribution in [0.4, 0.5) is 4.39 Å². The van der Waals surface area contributed by atoms with Crippen molar-refractivity contribution in [3.05, 3.63) is 34.6 Å². The lowest BCUT2D eigenvalue weighted by atomic mass is 9.77. The van der Waals surface area contributed by atoms with Crippen LogP contribution in [0.25, 0.3) is 0 Å². The summed E-state index contributed by atoms with van der Waals surface area (Å²) < 4.78 is 13.7. The van der Waals surface area contributed by atoms with Gasteiger partial charge in [0.1, 0.15) is 11.6 Å². The van der Waals surface area contributed by atoms with Crippen LogP contribution in [0.3, 0.4) is 0 Å². The molecule has 1 aromatic rings. The molecule has 0 atom stereocenters. The van der Waals surface area contributed by atoms with Gasteiger partial charge in [0.05, 0.1) is 0 Å². The first-order valence-corrected chi connectivity index (χ1v) is 7.94. The minimum absolute atomic E-state index is 0.123. The number of ketones is 1. The third kappa shape index (κ3) is 4.05. The van der Waals surface area contributed by atoms with Crippen molar-refractivity contribution in [3.8, 4) is 0 Å². The van der Waals surface area contributed by atoms with Crippen molar-refractivity contribution < 1.29 is 9.18 Å². The Morgan fingerprint density at radius 1 is 1.30 bits per heavy atom. The van der Waals surface area contributed by atoms with Crippen LogP contribution in [0.2, 0.25) is 5.02 Å². The standard InChI is InChI=1S/C17H22ClFO/c1-2-3-12-4-6-13(7-5-12)17(20)10-14-8-9-15(18)11-16(14)19/h8-9,11-13H,2-7,10H2,1H3. The number of halogens is 2. The Kier molecular flexibility index (Phi) is 5.59. The van der Waals surface area contributed by atoms with Gasteiger partial charge in [0.15, 0.2) is 0 Å². The maximum absolute atomic E-state index is 13.7. The van der Waals surface area contributed by atoms with Crippen LogP contribution in [0.1, 0.15) is 51.0 Å². The van der Waals surface area contributed by atoms with Gasteiger partial charge in [-0.2, -0.15) is 0 Å². The van der Waals surface area contributed by atoms with Crippen molar-refractivity contribution in [2.24, 2.45) is 11.8 Å². The molecular weight excluding hydrogens is 275 g/mol. The molecule has 0 amide bonds. The number of Topliss-reactive ketones (excluding diaryl/α,β-unsaturated/α-hetero) is 1. The maximum atomic E-state index is 13.7. The molecule has 1 aliphatic carbocycles. The Bertz CT molecular complexity index is 464. The first kappa shape index (κ1) is 15.5. The molecule has 0 radical (unpaired) electrons. The normalized spacial score (nSPS) is 22.8. The molecule has 0 aromatic heterocycles. The summed E-state index contributed by atoms with van der Waals surface area (Å²) in [6.07, 6.45) is 6.93. The van der Waals surface area contributed by atoms with Gasteiger partial charge in [-0.1, -0.05) is 37.4 Å². The van der Waals surface area contributed by atoms with Gasteiger partial charge in [-0.15, -0.1) is 0 Å². The molecule has 0 unspecified atom stereocenters. The summed E-state index contributed by atoms with van der Waals surface area (Å²) in [5, 5.41) is 0.374. The summed E-state index contributed by atoms with van der Waals surface area (Å²) in [6.45, 7) is 2.21. The van der Waals surface area contributed by atoms with Gasteiger partial charge in [0.2, 0.25) is 0 Å². The molecule has 1 aliphatic rings. The Balaban J connectivity index is 1.89. The van der Waals surface area contributed by atoms with Crippen LogP contribution < -0.4 is 0 Å². The number of hydrogen-bond donors (Lipinski definition) is 0. The van der Waals surface area contributed by atoms with Crippen LogP contribution in [0.5, 0.6) is 0 Å². The summed E-state index contributed by atoms with van der Waals surface area (Å²) >= 11 is 5.72. The molecule has 0 aliphatic heterocycles. The minimum Gasteiger partial charge on any atom is -0.299 e. The van der Waals surface area contributed by atoms with E-state index in [0.717, 1.165) is 31.6 Å². The molecule has 1 nitrogen and oxygen atoms in total. The molecule has 0 bridgehead atoms. The molecular formula is C17H22ClFO. The van der Waals surface area contributed by atoms with Crippen molar-refractivity contribution in [1.82, 2.24) is 0 Å². The van der Waals surface area contributed by atoms with E-state index in [-0.39, 0.29) is 23.9 Å². The van der Waals surface area contributed by atoms with Crippen LogP contribution in [0.15, 0.2) is 18.2 Å². The van der Waals surface area contributed by atoms with Crippen LogP contribution in [0, 0.1) is 17.7 Å². The zero-order valence-electron chi connectivity index (χ0n) is 12.0. The van der Waals surface area contributed by atoms with Crippen LogP contribution in [-0.4, -0.2) is 5.78 Å². The largest absolute Gasteiger partial charge is 0.299 e. The molecule has 0 saturated heterocycles. The van der Waals surface area contributed by atoms with E-state index in [9.17, 15) is 9.18 Å². The summed E-state index contributed by atoms with van der Waals surface area (Å²) in [6, 6.07) is 4.55. The summed E-state index contributed by atoms with van der Waals surface area (Å²) in [5.41, 5.74) is 0.468. The van der Waals surface area contributed by atoms with E-state index in [0.29, 0.717) is 10.6 Å². The number of hydrogen-bond acceptors (Lipinski definition) is 1. The molecule has 2 rings (SSSR count). The van der Waals surface area contributed by atoms with E-state index < -0.39 is 0 Å². The van der Waals surface area contributed by atoms with E-state index in [1.165, 1.54) is 18.9 Å². The highest BCUT2D eigenvalue weighted by Crippen LogP contribution is 2.32. The Morgan fingerprint density at radius 3 is 2.60 bits per heavy atom. The van der Waals surface area contributed by atoms with Crippen LogP contribution >= 0.6 is 11.6 Å². The fourth-order valence-corrected chi connectivity index (χ4v) is 3.34. The smallest absolute Gasteiger partial charge is 0.140 e. The second-order valence-corrected chi connectivity index (χ2v) is 6.32. The third-order valence-corrected chi connectivity index (χ3v) is 4.61. The average Bonchev–Trinajstić information content (AvgIpc) is 2.43. The molecule has 1 aromatic carbocycles. The first-order chi connectivity index (χ1) is 9.60. The van der Waals surface area contributed by atoms with Crippen molar-refractivity contribution in [3.63, 3.8) is 0 Å². The zero-order chi connectivity index (χ0) is 14.5. The third-order valence-electron chi connectivity index (χ3n) is 4.38. The van der Waals surface area contributed by atoms with Gasteiger partial charge in [0, 0.05) is 17.4 Å². The van der Waals surface area contributed by atoms with Gasteiger partial charge in [-0.25, -0.2) is 4.39 Å². The van der Waals surface area contributed by atoms with Gasteiger partial charge in [-0.3, -0.25) is 4.79 Å². The number of carbonyl (C=O) groups is 1. The second kappa shape index (κ2) is 7.21. The molecule has 1 fully saturated rings. The molecule has 0 N–H and O–H groups in total. The topological polar surface area (TPSA) is 17.1 Å².